The molecule has 0 fully saturated rings. The van der Waals surface area contributed by atoms with Crippen molar-refractivity contribution in [3.63, 3.8) is 0 Å². The van der Waals surface area contributed by atoms with E-state index in [0.717, 1.165) is 49.5 Å². The van der Waals surface area contributed by atoms with Crippen LogP contribution >= 0.6 is 0 Å². The maximum atomic E-state index is 9.38. The van der Waals surface area contributed by atoms with Crippen molar-refractivity contribution in [2.45, 2.75) is 6.37 Å². The number of benzene rings is 5. The minimum Gasteiger partial charge on any atom is -0.464 e. The third kappa shape index (κ3) is 4.59. The van der Waals surface area contributed by atoms with E-state index in [1.165, 1.54) is 0 Å². The first-order chi connectivity index (χ1) is 22.6. The molecule has 0 aliphatic rings. The Morgan fingerprint density at radius 2 is 1.56 bits per heavy atom. The molecule has 0 unspecified atom stereocenters. The van der Waals surface area contributed by atoms with Gasteiger partial charge in [-0.3, -0.25) is 4.57 Å². The third-order valence-corrected chi connectivity index (χ3v) is 8.00. The molecule has 0 saturated carbocycles. The van der Waals surface area contributed by atoms with Crippen molar-refractivity contribution in [1.82, 2.24) is 14.1 Å². The number of imidazole rings is 1. The van der Waals surface area contributed by atoms with Crippen LogP contribution in [0.1, 0.15) is 13.9 Å². The van der Waals surface area contributed by atoms with Crippen LogP contribution in [0.3, 0.4) is 0 Å². The van der Waals surface area contributed by atoms with Crippen LogP contribution in [0.25, 0.3) is 61.0 Å². The maximum absolute atomic E-state index is 9.38. The monoisotopic (exact) mass is 761 g/mol. The van der Waals surface area contributed by atoms with Gasteiger partial charge in [0.05, 0.1) is 23.0 Å². The fourth-order valence-electron chi connectivity index (χ4n) is 5.98. The Balaban J connectivity index is 0.00000324. The Kier molecular flexibility index (Phi) is 6.16. The number of furan rings is 1. The van der Waals surface area contributed by atoms with E-state index in [1.807, 2.05) is 117 Å². The van der Waals surface area contributed by atoms with Crippen molar-refractivity contribution in [3.05, 3.63) is 163 Å². The van der Waals surface area contributed by atoms with Crippen LogP contribution in [0.15, 0.2) is 138 Å². The number of aromatic nitrogens is 4. The van der Waals surface area contributed by atoms with Gasteiger partial charge in [-0.25, -0.2) is 4.98 Å². The van der Waals surface area contributed by atoms with Crippen molar-refractivity contribution in [1.29, 1.82) is 0 Å². The molecule has 0 spiro atoms. The minimum absolute atomic E-state index is 0. The summed E-state index contributed by atoms with van der Waals surface area (Å²) in [6, 6.07) is 46.3. The van der Waals surface area contributed by atoms with Gasteiger partial charge in [-0.2, -0.15) is 53.6 Å². The predicted octanol–water partition coefficient (Wildman–Crippen LogP) is 8.13. The smallest absolute Gasteiger partial charge is 0.268 e. The third-order valence-electron chi connectivity index (χ3n) is 8.00. The van der Waals surface area contributed by atoms with Crippen molar-refractivity contribution < 1.29 is 32.8 Å². The zero-order valence-electron chi connectivity index (χ0n) is 25.7. The van der Waals surface area contributed by atoms with Crippen LogP contribution in [0.4, 0.5) is 0 Å². The van der Waals surface area contributed by atoms with Gasteiger partial charge >= 0.3 is 0 Å². The first-order valence-corrected chi connectivity index (χ1v) is 14.4. The molecule has 5 aromatic carbocycles. The molecule has 0 amide bonds. The molecule has 0 bridgehead atoms. The molecule has 0 N–H and O–H groups in total. The van der Waals surface area contributed by atoms with Crippen molar-refractivity contribution in [3.8, 4) is 17.2 Å². The van der Waals surface area contributed by atoms with Crippen LogP contribution in [0.5, 0.6) is 0 Å². The average molecular weight is 762 g/mol. The Labute approximate surface area is 276 Å². The molecule has 0 aliphatic heterocycles. The van der Waals surface area contributed by atoms with E-state index < -0.39 is 6.37 Å². The maximum Gasteiger partial charge on any atom is 0.268 e. The first-order valence-electron chi connectivity index (χ1n) is 15.4. The van der Waals surface area contributed by atoms with Crippen LogP contribution in [0.2, 0.25) is 0 Å². The number of para-hydroxylation sites is 4. The van der Waals surface area contributed by atoms with Gasteiger partial charge in [-0.15, -0.1) is 5.39 Å². The Morgan fingerprint density at radius 3 is 2.47 bits per heavy atom. The summed E-state index contributed by atoms with van der Waals surface area (Å²) in [4.78, 5) is 4.74. The molecule has 0 saturated heterocycles. The second kappa shape index (κ2) is 11.0. The predicted molar refractivity (Wildman–Crippen MR) is 172 cm³/mol. The number of fused-ring (bicyclic) bond motifs is 5. The zero-order chi connectivity index (χ0) is 30.8. The molecule has 4 aromatic heterocycles. The summed E-state index contributed by atoms with van der Waals surface area (Å²) in [6.45, 7) is 0. The molecular weight excluding hydrogens is 736 g/mol. The van der Waals surface area contributed by atoms with Crippen LogP contribution in [-0.4, -0.2) is 14.1 Å². The number of nitrogens with zero attached hydrogens (tertiary/aromatic N) is 4. The molecule has 6 heteroatoms. The van der Waals surface area contributed by atoms with Gasteiger partial charge in [0.2, 0.25) is 0 Å². The van der Waals surface area contributed by atoms with Crippen LogP contribution in [-0.2, 0) is 27.4 Å². The molecule has 218 valence electrons. The van der Waals surface area contributed by atoms with E-state index in [9.17, 15) is 2.74 Å². The number of rotatable bonds is 5. The summed E-state index contributed by atoms with van der Waals surface area (Å²) < 4.78 is 30.4. The van der Waals surface area contributed by atoms with E-state index in [2.05, 4.69) is 30.6 Å². The van der Waals surface area contributed by atoms with Gasteiger partial charge in [0.25, 0.3) is 6.33 Å². The molecule has 0 aliphatic carbocycles. The minimum atomic E-state index is -1.90. The number of hydrogen-bond donors (Lipinski definition) is 0. The van der Waals surface area contributed by atoms with E-state index in [1.54, 1.807) is 18.5 Å². The van der Waals surface area contributed by atoms with Crippen molar-refractivity contribution >= 4 is 43.8 Å². The first kappa shape index (κ1) is 25.1. The molecule has 9 aromatic rings. The van der Waals surface area contributed by atoms with E-state index in [0.29, 0.717) is 22.6 Å². The average Bonchev–Trinajstić information content (AvgIpc) is 3.82. The molecule has 9 rings (SSSR count). The second-order valence-corrected chi connectivity index (χ2v) is 10.7. The molecular formula is C39H24N4OPt-2. The largest absolute Gasteiger partial charge is 0.464 e. The second-order valence-electron chi connectivity index (χ2n) is 10.7. The Morgan fingerprint density at radius 1 is 0.756 bits per heavy atom. The molecule has 0 atom stereocenters. The summed E-state index contributed by atoms with van der Waals surface area (Å²) in [5.41, 5.74) is 6.85. The molecule has 0 radical (unpaired) electrons. The van der Waals surface area contributed by atoms with Gasteiger partial charge in [-0.05, 0) is 41.7 Å². The zero-order valence-corrected chi connectivity index (χ0v) is 26.0. The Hall–Kier alpha value is -5.25. The van der Waals surface area contributed by atoms with Gasteiger partial charge < -0.3 is 13.6 Å². The Bertz CT molecular complexity index is 2590. The topological polar surface area (TPSA) is 39.8 Å². The SMILES string of the molecule is [2H]C([2H])(c1[c-]c(-n2[c-][n+](-c3ccccc3)c3ccccc32)ccc1)c1[c-]c2c(cc1)c1ccccc1n2-c1cc2occc2cn1.[Pt]. The van der Waals surface area contributed by atoms with E-state index in [4.69, 9.17) is 9.40 Å². The molecule has 45 heavy (non-hydrogen) atoms. The fourth-order valence-corrected chi connectivity index (χ4v) is 5.98. The van der Waals surface area contributed by atoms with Crippen molar-refractivity contribution in [2.75, 3.05) is 0 Å². The summed E-state index contributed by atoms with van der Waals surface area (Å²) in [5.74, 6) is 0.679. The summed E-state index contributed by atoms with van der Waals surface area (Å²) in [5, 5.41) is 2.92. The fraction of sp³-hybridized carbons (Fsp3) is 0.0256. The quantitative estimate of drug-likeness (QED) is 0.131. The van der Waals surface area contributed by atoms with E-state index in [-0.39, 0.29) is 21.1 Å². The van der Waals surface area contributed by atoms with Gasteiger partial charge in [0.1, 0.15) is 11.4 Å². The van der Waals surface area contributed by atoms with Crippen molar-refractivity contribution in [2.24, 2.45) is 0 Å². The normalized spacial score (nSPS) is 12.4. The summed E-state index contributed by atoms with van der Waals surface area (Å²) in [6.07, 6.45) is 5.02. The summed E-state index contributed by atoms with van der Waals surface area (Å²) >= 11 is 0. The van der Waals surface area contributed by atoms with Crippen LogP contribution < -0.4 is 4.57 Å². The van der Waals surface area contributed by atoms with Gasteiger partial charge in [0.15, 0.2) is 0 Å². The number of hydrogen-bond acceptors (Lipinski definition) is 2. The van der Waals surface area contributed by atoms with Gasteiger partial charge in [0, 0.05) is 47.0 Å². The summed E-state index contributed by atoms with van der Waals surface area (Å²) in [7, 11) is 0. The van der Waals surface area contributed by atoms with Crippen LogP contribution in [0, 0.1) is 18.5 Å². The molecule has 4 heterocycles. The molecule has 5 nitrogen and oxygen atoms in total. The standard InChI is InChI=1S/C39H24N4O.Pt/c1-2-10-30(11-3-1)41-26-42(36-16-7-6-15-35(36)41)31-12-8-9-27(22-31)21-28-17-18-33-32-13-4-5-14-34(32)43(37(33)23-28)39-24-38-29(25-40-39)19-20-44-38;/h1-20,24-25H,21H2;/q-2;/i21D2;. The number of pyridine rings is 1. The van der Waals surface area contributed by atoms with Gasteiger partial charge in [-0.1, -0.05) is 66.2 Å². The van der Waals surface area contributed by atoms with E-state index >= 15 is 0 Å².